The molecule has 0 saturated heterocycles. The average Bonchev–Trinajstić information content (AvgIpc) is 2.50. The molecule has 0 aliphatic heterocycles. The van der Waals surface area contributed by atoms with Crippen molar-refractivity contribution < 1.29 is 4.74 Å². The van der Waals surface area contributed by atoms with Crippen molar-refractivity contribution in [2.45, 2.75) is 59.4 Å². The molecule has 1 aromatic carbocycles. The normalized spacial score (nSPS) is 12.7. The molecule has 1 aromatic rings. The summed E-state index contributed by atoms with van der Waals surface area (Å²) in [7, 11) is 0. The molecule has 0 aliphatic rings. The third kappa shape index (κ3) is 4.82. The molecule has 1 unspecified atom stereocenters. The van der Waals surface area contributed by atoms with Gasteiger partial charge in [-0.3, -0.25) is 0 Å². The maximum atomic E-state index is 5.95. The minimum Gasteiger partial charge on any atom is -0.493 e. The molecule has 0 aromatic heterocycles. The van der Waals surface area contributed by atoms with E-state index in [9.17, 15) is 0 Å². The Labute approximate surface area is 124 Å². The van der Waals surface area contributed by atoms with Crippen LogP contribution in [0.1, 0.15) is 65.0 Å². The highest BCUT2D eigenvalue weighted by atomic mass is 16.5. The van der Waals surface area contributed by atoms with Crippen LogP contribution in [0.25, 0.3) is 0 Å². The van der Waals surface area contributed by atoms with Crippen molar-refractivity contribution in [3.05, 3.63) is 29.8 Å². The Morgan fingerprint density at radius 3 is 2.30 bits per heavy atom. The van der Waals surface area contributed by atoms with E-state index in [4.69, 9.17) is 4.74 Å². The fourth-order valence-corrected chi connectivity index (χ4v) is 2.67. The van der Waals surface area contributed by atoms with Gasteiger partial charge in [0, 0.05) is 11.6 Å². The van der Waals surface area contributed by atoms with Crippen molar-refractivity contribution in [2.24, 2.45) is 5.92 Å². The Bertz CT molecular complexity index is 360. The molecular weight excluding hydrogens is 246 g/mol. The molecule has 2 nitrogen and oxygen atoms in total. The molecule has 1 rings (SSSR count). The Hall–Kier alpha value is -1.02. The second-order valence-corrected chi connectivity index (χ2v) is 5.39. The highest BCUT2D eigenvalue weighted by molar-refractivity contribution is 5.36. The van der Waals surface area contributed by atoms with Crippen molar-refractivity contribution >= 4 is 0 Å². The van der Waals surface area contributed by atoms with Gasteiger partial charge in [-0.1, -0.05) is 58.7 Å². The predicted molar refractivity (Wildman–Crippen MR) is 87.3 cm³/mol. The zero-order valence-electron chi connectivity index (χ0n) is 13.6. The van der Waals surface area contributed by atoms with E-state index in [-0.39, 0.29) is 0 Å². The fraction of sp³-hybridized carbons (Fsp3) is 0.667. The molecule has 0 amide bonds. The van der Waals surface area contributed by atoms with E-state index in [1.54, 1.807) is 0 Å². The van der Waals surface area contributed by atoms with Crippen LogP contribution in [0.15, 0.2) is 24.3 Å². The van der Waals surface area contributed by atoms with Crippen molar-refractivity contribution in [3.8, 4) is 5.75 Å². The molecule has 20 heavy (non-hydrogen) atoms. The predicted octanol–water partition coefficient (Wildman–Crippen LogP) is 4.95. The molecule has 0 radical (unpaired) electrons. The monoisotopic (exact) mass is 277 g/mol. The molecular formula is C18H31NO. The van der Waals surface area contributed by atoms with E-state index < -0.39 is 0 Å². The maximum absolute atomic E-state index is 5.95. The van der Waals surface area contributed by atoms with E-state index >= 15 is 0 Å². The summed E-state index contributed by atoms with van der Waals surface area (Å²) >= 11 is 0. The third-order valence-electron chi connectivity index (χ3n) is 3.85. The number of nitrogens with one attached hydrogen (secondary N) is 1. The van der Waals surface area contributed by atoms with Crippen molar-refractivity contribution in [1.29, 1.82) is 0 Å². The standard InChI is InChI=1S/C18H31NO/c1-5-13-19-18(15(7-3)8-4)16-11-9-10-12-17(16)20-14-6-2/h9-12,15,18-19H,5-8,13-14H2,1-4H3. The fourth-order valence-electron chi connectivity index (χ4n) is 2.67. The van der Waals surface area contributed by atoms with E-state index in [1.807, 2.05) is 0 Å². The first-order valence-electron chi connectivity index (χ1n) is 8.23. The van der Waals surface area contributed by atoms with Crippen LogP contribution in [0.4, 0.5) is 0 Å². The van der Waals surface area contributed by atoms with E-state index in [1.165, 1.54) is 18.4 Å². The topological polar surface area (TPSA) is 21.3 Å². The Balaban J connectivity index is 2.98. The number of ether oxygens (including phenoxy) is 1. The van der Waals surface area contributed by atoms with Crippen LogP contribution in [-0.2, 0) is 0 Å². The smallest absolute Gasteiger partial charge is 0.124 e. The summed E-state index contributed by atoms with van der Waals surface area (Å²) in [6.45, 7) is 10.8. The molecule has 0 fully saturated rings. The summed E-state index contributed by atoms with van der Waals surface area (Å²) in [6.07, 6.45) is 4.60. The highest BCUT2D eigenvalue weighted by Gasteiger charge is 2.22. The van der Waals surface area contributed by atoms with Gasteiger partial charge < -0.3 is 10.1 Å². The van der Waals surface area contributed by atoms with Gasteiger partial charge in [-0.05, 0) is 31.4 Å². The highest BCUT2D eigenvalue weighted by Crippen LogP contribution is 2.33. The van der Waals surface area contributed by atoms with Gasteiger partial charge in [0.25, 0.3) is 0 Å². The molecule has 1 N–H and O–H groups in total. The van der Waals surface area contributed by atoms with Crippen LogP contribution >= 0.6 is 0 Å². The van der Waals surface area contributed by atoms with Crippen LogP contribution in [0.3, 0.4) is 0 Å². The minimum atomic E-state index is 0.401. The van der Waals surface area contributed by atoms with Gasteiger partial charge in [-0.2, -0.15) is 0 Å². The molecule has 114 valence electrons. The van der Waals surface area contributed by atoms with Gasteiger partial charge in [0.15, 0.2) is 0 Å². The zero-order chi connectivity index (χ0) is 14.8. The van der Waals surface area contributed by atoms with Gasteiger partial charge in [0.05, 0.1) is 6.61 Å². The molecule has 0 aliphatic carbocycles. The minimum absolute atomic E-state index is 0.401. The van der Waals surface area contributed by atoms with Gasteiger partial charge in [0.2, 0.25) is 0 Å². The van der Waals surface area contributed by atoms with Gasteiger partial charge in [-0.15, -0.1) is 0 Å². The first-order chi connectivity index (χ1) is 9.78. The molecule has 0 spiro atoms. The van der Waals surface area contributed by atoms with Crippen molar-refractivity contribution in [1.82, 2.24) is 5.32 Å². The van der Waals surface area contributed by atoms with Crippen molar-refractivity contribution in [3.63, 3.8) is 0 Å². The Morgan fingerprint density at radius 2 is 1.70 bits per heavy atom. The average molecular weight is 277 g/mol. The molecule has 1 atom stereocenters. The quantitative estimate of drug-likeness (QED) is 0.653. The van der Waals surface area contributed by atoms with Crippen LogP contribution < -0.4 is 10.1 Å². The van der Waals surface area contributed by atoms with Gasteiger partial charge in [-0.25, -0.2) is 0 Å². The summed E-state index contributed by atoms with van der Waals surface area (Å²) in [4.78, 5) is 0. The summed E-state index contributed by atoms with van der Waals surface area (Å²) in [6, 6.07) is 8.91. The number of rotatable bonds is 10. The molecule has 0 bridgehead atoms. The Kier molecular flexibility index (Phi) is 8.36. The van der Waals surface area contributed by atoms with Crippen LogP contribution in [-0.4, -0.2) is 13.2 Å². The lowest BCUT2D eigenvalue weighted by Gasteiger charge is -2.28. The summed E-state index contributed by atoms with van der Waals surface area (Å²) in [5, 5.41) is 3.72. The van der Waals surface area contributed by atoms with Gasteiger partial charge >= 0.3 is 0 Å². The largest absolute Gasteiger partial charge is 0.493 e. The van der Waals surface area contributed by atoms with Crippen molar-refractivity contribution in [2.75, 3.05) is 13.2 Å². The van der Waals surface area contributed by atoms with Crippen LogP contribution in [0, 0.1) is 5.92 Å². The van der Waals surface area contributed by atoms with E-state index in [0.717, 1.165) is 31.7 Å². The Morgan fingerprint density at radius 1 is 1.00 bits per heavy atom. The second-order valence-electron chi connectivity index (χ2n) is 5.39. The number of hydrogen-bond donors (Lipinski definition) is 1. The first-order valence-corrected chi connectivity index (χ1v) is 8.23. The van der Waals surface area contributed by atoms with Gasteiger partial charge in [0.1, 0.15) is 5.75 Å². The van der Waals surface area contributed by atoms with E-state index in [2.05, 4.69) is 57.3 Å². The maximum Gasteiger partial charge on any atom is 0.124 e. The summed E-state index contributed by atoms with van der Waals surface area (Å²) < 4.78 is 5.95. The second kappa shape index (κ2) is 9.82. The lowest BCUT2D eigenvalue weighted by Crippen LogP contribution is -2.29. The summed E-state index contributed by atoms with van der Waals surface area (Å²) in [5.74, 6) is 1.71. The van der Waals surface area contributed by atoms with E-state index in [0.29, 0.717) is 12.0 Å². The lowest BCUT2D eigenvalue weighted by atomic mass is 9.88. The van der Waals surface area contributed by atoms with Crippen LogP contribution in [0.2, 0.25) is 0 Å². The van der Waals surface area contributed by atoms with Crippen LogP contribution in [0.5, 0.6) is 5.75 Å². The number of benzene rings is 1. The number of para-hydroxylation sites is 1. The zero-order valence-corrected chi connectivity index (χ0v) is 13.6. The SMILES string of the molecule is CCCNC(c1ccccc1OCCC)C(CC)CC. The molecule has 0 saturated carbocycles. The number of hydrogen-bond acceptors (Lipinski definition) is 2. The lowest BCUT2D eigenvalue weighted by molar-refractivity contribution is 0.292. The molecule has 2 heteroatoms. The first kappa shape index (κ1) is 17.0. The third-order valence-corrected chi connectivity index (χ3v) is 3.85. The summed E-state index contributed by atoms with van der Waals surface area (Å²) in [5.41, 5.74) is 1.32. The molecule has 0 heterocycles.